The third-order valence-electron chi connectivity index (χ3n) is 3.01. The summed E-state index contributed by atoms with van der Waals surface area (Å²) in [4.78, 5) is 11.2. The monoisotopic (exact) mass is 235 g/mol. The molecule has 2 N–H and O–H groups in total. The average Bonchev–Trinajstić information content (AvgIpc) is 2.35. The molecule has 5 nitrogen and oxygen atoms in total. The fourth-order valence-electron chi connectivity index (χ4n) is 1.97. The number of hydrogen-bond acceptors (Lipinski definition) is 5. The molecule has 0 bridgehead atoms. The van der Waals surface area contributed by atoms with Gasteiger partial charge in [0.25, 0.3) is 0 Å². The van der Waals surface area contributed by atoms with Crippen molar-refractivity contribution in [3.63, 3.8) is 0 Å². The fourth-order valence-corrected chi connectivity index (χ4v) is 1.97. The lowest BCUT2D eigenvalue weighted by Gasteiger charge is -2.27. The lowest BCUT2D eigenvalue weighted by atomic mass is 10.3. The molecule has 0 unspecified atom stereocenters. The van der Waals surface area contributed by atoms with E-state index in [1.165, 1.54) is 0 Å². The summed E-state index contributed by atoms with van der Waals surface area (Å²) in [6.07, 6.45) is 1.80. The first-order valence-corrected chi connectivity index (χ1v) is 6.23. The quantitative estimate of drug-likeness (QED) is 0.792. The molecule has 2 rings (SSSR count). The second-order valence-corrected chi connectivity index (χ2v) is 4.46. The Morgan fingerprint density at radius 1 is 1.35 bits per heavy atom. The molecule has 1 saturated heterocycles. The molecule has 0 radical (unpaired) electrons. The highest BCUT2D eigenvalue weighted by atomic mass is 15.2. The van der Waals surface area contributed by atoms with E-state index in [1.54, 1.807) is 6.20 Å². The van der Waals surface area contributed by atoms with Gasteiger partial charge in [0.1, 0.15) is 5.82 Å². The predicted octanol–water partition coefficient (Wildman–Crippen LogP) is 0.411. The van der Waals surface area contributed by atoms with Gasteiger partial charge in [0.05, 0.1) is 11.4 Å². The first kappa shape index (κ1) is 12.3. The molecule has 17 heavy (non-hydrogen) atoms. The number of aromatic nitrogens is 2. The van der Waals surface area contributed by atoms with Gasteiger partial charge in [-0.05, 0) is 13.8 Å². The van der Waals surface area contributed by atoms with Gasteiger partial charge in [0.15, 0.2) is 0 Å². The Kier molecular flexibility index (Phi) is 4.28. The summed E-state index contributed by atoms with van der Waals surface area (Å²) in [7, 11) is 0. The molecule has 1 aromatic heterocycles. The lowest BCUT2D eigenvalue weighted by Crippen LogP contribution is -2.45. The minimum Gasteiger partial charge on any atom is -0.367 e. The fraction of sp³-hybridized carbons (Fsp3) is 0.667. The maximum absolute atomic E-state index is 4.45. The van der Waals surface area contributed by atoms with E-state index in [9.17, 15) is 0 Å². The SMILES string of the molecule is Cc1cnc(C)c(NCCN2CCNCC2)n1. The summed E-state index contributed by atoms with van der Waals surface area (Å²) in [5.74, 6) is 0.917. The van der Waals surface area contributed by atoms with Crippen LogP contribution in [0.5, 0.6) is 0 Å². The van der Waals surface area contributed by atoms with Crippen LogP contribution in [-0.2, 0) is 0 Å². The van der Waals surface area contributed by atoms with Crippen LogP contribution in [0.3, 0.4) is 0 Å². The summed E-state index contributed by atoms with van der Waals surface area (Å²) in [5.41, 5.74) is 1.93. The molecule has 2 heterocycles. The molecular formula is C12H21N5. The highest BCUT2D eigenvalue weighted by Crippen LogP contribution is 2.07. The molecule has 94 valence electrons. The van der Waals surface area contributed by atoms with Crippen LogP contribution in [0.4, 0.5) is 5.82 Å². The third kappa shape index (κ3) is 3.64. The Bertz CT molecular complexity index is 360. The van der Waals surface area contributed by atoms with Gasteiger partial charge < -0.3 is 10.6 Å². The summed E-state index contributed by atoms with van der Waals surface area (Å²) < 4.78 is 0. The molecule has 1 fully saturated rings. The van der Waals surface area contributed by atoms with E-state index in [2.05, 4.69) is 25.5 Å². The van der Waals surface area contributed by atoms with Crippen molar-refractivity contribution in [3.8, 4) is 0 Å². The maximum Gasteiger partial charge on any atom is 0.147 e. The molecule has 1 aliphatic heterocycles. The van der Waals surface area contributed by atoms with E-state index >= 15 is 0 Å². The molecule has 1 aliphatic rings. The number of rotatable bonds is 4. The van der Waals surface area contributed by atoms with Crippen LogP contribution in [0.15, 0.2) is 6.20 Å². The van der Waals surface area contributed by atoms with Crippen LogP contribution in [-0.4, -0.2) is 54.1 Å². The van der Waals surface area contributed by atoms with Gasteiger partial charge >= 0.3 is 0 Å². The number of hydrogen-bond donors (Lipinski definition) is 2. The van der Waals surface area contributed by atoms with Crippen LogP contribution in [0, 0.1) is 13.8 Å². The van der Waals surface area contributed by atoms with Crippen LogP contribution < -0.4 is 10.6 Å². The van der Waals surface area contributed by atoms with Crippen LogP contribution in [0.25, 0.3) is 0 Å². The first-order valence-electron chi connectivity index (χ1n) is 6.23. The zero-order valence-electron chi connectivity index (χ0n) is 10.7. The van der Waals surface area contributed by atoms with Gasteiger partial charge in [-0.1, -0.05) is 0 Å². The minimum atomic E-state index is 0.917. The second-order valence-electron chi connectivity index (χ2n) is 4.46. The summed E-state index contributed by atoms with van der Waals surface area (Å²) >= 11 is 0. The van der Waals surface area contributed by atoms with Crippen LogP contribution >= 0.6 is 0 Å². The van der Waals surface area contributed by atoms with E-state index in [4.69, 9.17) is 0 Å². The zero-order valence-corrected chi connectivity index (χ0v) is 10.7. The van der Waals surface area contributed by atoms with Gasteiger partial charge in [-0.15, -0.1) is 0 Å². The number of nitrogens with one attached hydrogen (secondary N) is 2. The molecular weight excluding hydrogens is 214 g/mol. The van der Waals surface area contributed by atoms with Gasteiger partial charge in [-0.3, -0.25) is 9.88 Å². The number of piperazine rings is 1. The van der Waals surface area contributed by atoms with E-state index in [-0.39, 0.29) is 0 Å². The van der Waals surface area contributed by atoms with Crippen molar-refractivity contribution in [2.24, 2.45) is 0 Å². The Morgan fingerprint density at radius 3 is 2.88 bits per heavy atom. The van der Waals surface area contributed by atoms with Gasteiger partial charge in [0.2, 0.25) is 0 Å². The van der Waals surface area contributed by atoms with Crippen molar-refractivity contribution in [3.05, 3.63) is 17.6 Å². The normalized spacial score (nSPS) is 17.1. The van der Waals surface area contributed by atoms with Crippen molar-refractivity contribution < 1.29 is 0 Å². The topological polar surface area (TPSA) is 53.1 Å². The second kappa shape index (κ2) is 5.93. The average molecular weight is 235 g/mol. The number of anilines is 1. The van der Waals surface area contributed by atoms with Crippen molar-refractivity contribution in [2.45, 2.75) is 13.8 Å². The molecule has 0 amide bonds. The van der Waals surface area contributed by atoms with E-state index in [0.29, 0.717) is 0 Å². The van der Waals surface area contributed by atoms with Crippen LogP contribution in [0.2, 0.25) is 0 Å². The summed E-state index contributed by atoms with van der Waals surface area (Å²) in [6.45, 7) is 10.4. The van der Waals surface area contributed by atoms with Crippen LogP contribution in [0.1, 0.15) is 11.4 Å². The molecule has 0 saturated carbocycles. The van der Waals surface area contributed by atoms with Crippen molar-refractivity contribution in [1.82, 2.24) is 20.2 Å². The van der Waals surface area contributed by atoms with E-state index in [0.717, 1.165) is 56.5 Å². The Morgan fingerprint density at radius 2 is 2.12 bits per heavy atom. The third-order valence-corrected chi connectivity index (χ3v) is 3.01. The highest BCUT2D eigenvalue weighted by molar-refractivity contribution is 5.39. The predicted molar refractivity (Wildman–Crippen MR) is 69.3 cm³/mol. The van der Waals surface area contributed by atoms with Crippen molar-refractivity contribution in [2.75, 3.05) is 44.6 Å². The van der Waals surface area contributed by atoms with Crippen molar-refractivity contribution >= 4 is 5.82 Å². The molecule has 0 aromatic carbocycles. The van der Waals surface area contributed by atoms with Gasteiger partial charge in [-0.25, -0.2) is 4.98 Å². The van der Waals surface area contributed by atoms with E-state index < -0.39 is 0 Å². The summed E-state index contributed by atoms with van der Waals surface area (Å²) in [6, 6.07) is 0. The highest BCUT2D eigenvalue weighted by Gasteiger charge is 2.09. The standard InChI is InChI=1S/C12H21N5/c1-10-9-15-11(2)12(16-10)14-5-8-17-6-3-13-4-7-17/h9,13H,3-8H2,1-2H3,(H,14,16). The Labute approximate surface area is 103 Å². The van der Waals surface area contributed by atoms with Gasteiger partial charge in [-0.2, -0.15) is 0 Å². The first-order chi connectivity index (χ1) is 8.25. The minimum absolute atomic E-state index is 0.917. The molecule has 0 spiro atoms. The largest absolute Gasteiger partial charge is 0.367 e. The number of nitrogens with zero attached hydrogens (tertiary/aromatic N) is 3. The molecule has 1 aromatic rings. The smallest absolute Gasteiger partial charge is 0.147 e. The van der Waals surface area contributed by atoms with E-state index in [1.807, 2.05) is 13.8 Å². The Hall–Kier alpha value is -1.20. The lowest BCUT2D eigenvalue weighted by molar-refractivity contribution is 0.249. The molecule has 0 aliphatic carbocycles. The molecule has 5 heteroatoms. The zero-order chi connectivity index (χ0) is 12.1. The van der Waals surface area contributed by atoms with Gasteiger partial charge in [0, 0.05) is 45.5 Å². The molecule has 0 atom stereocenters. The van der Waals surface area contributed by atoms with Crippen molar-refractivity contribution in [1.29, 1.82) is 0 Å². The summed E-state index contributed by atoms with van der Waals surface area (Å²) in [5, 5.41) is 6.72. The maximum atomic E-state index is 4.45. The number of aryl methyl sites for hydroxylation is 2. The Balaban J connectivity index is 1.79.